The van der Waals surface area contributed by atoms with Crippen LogP contribution in [0.1, 0.15) is 12.5 Å². The molecular formula is C18H16Cl2N2O3. The Morgan fingerprint density at radius 2 is 1.84 bits per heavy atom. The zero-order valence-electron chi connectivity index (χ0n) is 13.6. The lowest BCUT2D eigenvalue weighted by Crippen LogP contribution is -2.13. The largest absolute Gasteiger partial charge is 0.497 e. The lowest BCUT2D eigenvalue weighted by atomic mass is 10.2. The number of amides is 2. The summed E-state index contributed by atoms with van der Waals surface area (Å²) in [6, 6.07) is 10.1. The lowest BCUT2D eigenvalue weighted by Gasteiger charge is -2.12. The predicted molar refractivity (Wildman–Crippen MR) is 101 cm³/mol. The maximum absolute atomic E-state index is 12.2. The summed E-state index contributed by atoms with van der Waals surface area (Å²) in [7, 11) is 1.51. The van der Waals surface area contributed by atoms with Gasteiger partial charge in [-0.1, -0.05) is 35.3 Å². The summed E-state index contributed by atoms with van der Waals surface area (Å²) >= 11 is 12.0. The molecule has 0 aliphatic carbocycles. The van der Waals surface area contributed by atoms with Gasteiger partial charge in [0.15, 0.2) is 0 Å². The molecule has 0 aliphatic heterocycles. The van der Waals surface area contributed by atoms with Crippen molar-refractivity contribution in [3.8, 4) is 5.75 Å². The number of carbonyl (C=O) groups excluding carboxylic acids is 2. The zero-order chi connectivity index (χ0) is 18.4. The van der Waals surface area contributed by atoms with E-state index in [-0.39, 0.29) is 5.91 Å². The second kappa shape index (κ2) is 8.55. The van der Waals surface area contributed by atoms with Gasteiger partial charge >= 0.3 is 0 Å². The number of ether oxygens (including phenoxy) is 1. The van der Waals surface area contributed by atoms with Crippen LogP contribution in [0.3, 0.4) is 0 Å². The highest BCUT2D eigenvalue weighted by atomic mass is 35.5. The average Bonchev–Trinajstić information content (AvgIpc) is 2.57. The van der Waals surface area contributed by atoms with Gasteiger partial charge in [0.05, 0.1) is 28.5 Å². The van der Waals surface area contributed by atoms with Crippen LogP contribution in [0.5, 0.6) is 5.75 Å². The minimum atomic E-state index is -0.393. The molecule has 0 aliphatic rings. The number of halogens is 2. The predicted octanol–water partition coefficient (Wildman–Crippen LogP) is 4.61. The van der Waals surface area contributed by atoms with Crippen LogP contribution in [0.4, 0.5) is 11.4 Å². The van der Waals surface area contributed by atoms with Crippen molar-refractivity contribution in [2.24, 2.45) is 0 Å². The van der Waals surface area contributed by atoms with Gasteiger partial charge < -0.3 is 15.4 Å². The van der Waals surface area contributed by atoms with Gasteiger partial charge in [-0.25, -0.2) is 0 Å². The highest BCUT2D eigenvalue weighted by Crippen LogP contribution is 2.28. The van der Waals surface area contributed by atoms with Crippen molar-refractivity contribution in [3.05, 3.63) is 58.1 Å². The maximum Gasteiger partial charge on any atom is 0.248 e. The number of rotatable bonds is 5. The summed E-state index contributed by atoms with van der Waals surface area (Å²) in [6.45, 7) is 1.39. The van der Waals surface area contributed by atoms with Crippen molar-refractivity contribution in [3.63, 3.8) is 0 Å². The molecule has 0 fully saturated rings. The molecule has 0 spiro atoms. The van der Waals surface area contributed by atoms with E-state index >= 15 is 0 Å². The van der Waals surface area contributed by atoms with Crippen molar-refractivity contribution in [2.75, 3.05) is 17.7 Å². The molecule has 0 aromatic heterocycles. The Balaban J connectivity index is 2.20. The summed E-state index contributed by atoms with van der Waals surface area (Å²) in [5.41, 5.74) is 1.51. The van der Waals surface area contributed by atoms with Gasteiger partial charge in [0, 0.05) is 19.1 Å². The third kappa shape index (κ3) is 5.24. The molecular weight excluding hydrogens is 363 g/mol. The molecule has 2 rings (SSSR count). The molecule has 0 radical (unpaired) electrons. The first-order valence-electron chi connectivity index (χ1n) is 7.29. The molecule has 0 bridgehead atoms. The van der Waals surface area contributed by atoms with Crippen LogP contribution < -0.4 is 15.4 Å². The second-order valence-corrected chi connectivity index (χ2v) is 5.84. The van der Waals surface area contributed by atoms with E-state index in [2.05, 4.69) is 10.6 Å². The molecule has 0 heterocycles. The number of anilines is 2. The molecule has 2 aromatic carbocycles. The normalized spacial score (nSPS) is 10.6. The molecule has 2 amide bonds. The summed E-state index contributed by atoms with van der Waals surface area (Å²) in [6.07, 6.45) is 2.89. The van der Waals surface area contributed by atoms with E-state index in [4.69, 9.17) is 27.9 Å². The monoisotopic (exact) mass is 378 g/mol. The van der Waals surface area contributed by atoms with Gasteiger partial charge in [0.1, 0.15) is 5.75 Å². The molecule has 5 nitrogen and oxygen atoms in total. The van der Waals surface area contributed by atoms with Gasteiger partial charge in [0.25, 0.3) is 0 Å². The number of hydrogen-bond donors (Lipinski definition) is 2. The number of methoxy groups -OCH3 is 1. The molecule has 0 atom stereocenters. The van der Waals surface area contributed by atoms with Gasteiger partial charge in [-0.2, -0.15) is 0 Å². The fraction of sp³-hybridized carbons (Fsp3) is 0.111. The molecule has 2 N–H and O–H groups in total. The number of nitrogens with one attached hydrogen (secondary N) is 2. The third-order valence-corrected chi connectivity index (χ3v) is 4.02. The first-order valence-corrected chi connectivity index (χ1v) is 8.05. The lowest BCUT2D eigenvalue weighted by molar-refractivity contribution is -0.114. The topological polar surface area (TPSA) is 67.4 Å². The first-order chi connectivity index (χ1) is 11.9. The van der Waals surface area contributed by atoms with Gasteiger partial charge in [-0.3, -0.25) is 9.59 Å². The number of benzene rings is 2. The van der Waals surface area contributed by atoms with Crippen molar-refractivity contribution in [1.29, 1.82) is 0 Å². The SMILES string of the molecule is COc1ccc(NC(C)=O)c(NC(=O)/C=C/c2cccc(Cl)c2Cl)c1. The van der Waals surface area contributed by atoms with Crippen molar-refractivity contribution in [2.45, 2.75) is 6.92 Å². The van der Waals surface area contributed by atoms with Crippen molar-refractivity contribution >= 4 is 52.5 Å². The Morgan fingerprint density at radius 1 is 1.08 bits per heavy atom. The quantitative estimate of drug-likeness (QED) is 0.746. The minimum Gasteiger partial charge on any atom is -0.497 e. The van der Waals surface area contributed by atoms with E-state index in [0.29, 0.717) is 32.7 Å². The Bertz CT molecular complexity index is 835. The molecule has 0 unspecified atom stereocenters. The second-order valence-electron chi connectivity index (χ2n) is 5.06. The fourth-order valence-electron chi connectivity index (χ4n) is 2.04. The van der Waals surface area contributed by atoms with E-state index in [0.717, 1.165) is 0 Å². The highest BCUT2D eigenvalue weighted by molar-refractivity contribution is 6.42. The van der Waals surface area contributed by atoms with Gasteiger partial charge in [0.2, 0.25) is 11.8 Å². The summed E-state index contributed by atoms with van der Waals surface area (Å²) in [5, 5.41) is 6.12. The van der Waals surface area contributed by atoms with Crippen LogP contribution in [0.25, 0.3) is 6.08 Å². The average molecular weight is 379 g/mol. The zero-order valence-corrected chi connectivity index (χ0v) is 15.1. The van der Waals surface area contributed by atoms with E-state index in [1.807, 2.05) is 0 Å². The summed E-state index contributed by atoms with van der Waals surface area (Å²) < 4.78 is 5.14. The Hall–Kier alpha value is -2.50. The van der Waals surface area contributed by atoms with E-state index in [1.54, 1.807) is 42.5 Å². The van der Waals surface area contributed by atoms with Crippen LogP contribution in [-0.2, 0) is 9.59 Å². The first kappa shape index (κ1) is 18.8. The highest BCUT2D eigenvalue weighted by Gasteiger charge is 2.09. The molecule has 0 saturated heterocycles. The maximum atomic E-state index is 12.2. The summed E-state index contributed by atoms with van der Waals surface area (Å²) in [5.74, 6) is -0.0934. The van der Waals surface area contributed by atoms with Crippen LogP contribution in [0.15, 0.2) is 42.5 Å². The van der Waals surface area contributed by atoms with Crippen LogP contribution >= 0.6 is 23.2 Å². The van der Waals surface area contributed by atoms with Gasteiger partial charge in [-0.05, 0) is 29.8 Å². The number of hydrogen-bond acceptors (Lipinski definition) is 3. The van der Waals surface area contributed by atoms with Crippen LogP contribution in [0.2, 0.25) is 10.0 Å². The Kier molecular flexibility index (Phi) is 6.44. The smallest absolute Gasteiger partial charge is 0.248 e. The van der Waals surface area contributed by atoms with E-state index < -0.39 is 5.91 Å². The molecule has 25 heavy (non-hydrogen) atoms. The summed E-state index contributed by atoms with van der Waals surface area (Å²) in [4.78, 5) is 23.5. The third-order valence-electron chi connectivity index (χ3n) is 3.19. The fourth-order valence-corrected chi connectivity index (χ4v) is 2.41. The van der Waals surface area contributed by atoms with Crippen molar-refractivity contribution in [1.82, 2.24) is 0 Å². The standard InChI is InChI=1S/C18H16Cl2N2O3/c1-11(23)21-15-8-7-13(25-2)10-16(15)22-17(24)9-6-12-4-3-5-14(19)18(12)20/h3-10H,1-2H3,(H,21,23)(H,22,24)/b9-6+. The van der Waals surface area contributed by atoms with Crippen LogP contribution in [-0.4, -0.2) is 18.9 Å². The van der Waals surface area contributed by atoms with E-state index in [9.17, 15) is 9.59 Å². The Morgan fingerprint density at radius 3 is 2.52 bits per heavy atom. The van der Waals surface area contributed by atoms with Crippen molar-refractivity contribution < 1.29 is 14.3 Å². The molecule has 2 aromatic rings. The van der Waals surface area contributed by atoms with E-state index in [1.165, 1.54) is 20.1 Å². The number of carbonyl (C=O) groups is 2. The van der Waals surface area contributed by atoms with Crippen LogP contribution in [0, 0.1) is 0 Å². The van der Waals surface area contributed by atoms with Gasteiger partial charge in [-0.15, -0.1) is 0 Å². The molecule has 7 heteroatoms. The minimum absolute atomic E-state index is 0.248. The molecule has 130 valence electrons. The molecule has 0 saturated carbocycles. The Labute approximate surface area is 155 Å².